The van der Waals surface area contributed by atoms with E-state index in [1.54, 1.807) is 12.1 Å². The highest BCUT2D eigenvalue weighted by molar-refractivity contribution is 9.10. The summed E-state index contributed by atoms with van der Waals surface area (Å²) >= 11 is 3.12. The fraction of sp³-hybridized carbons (Fsp3) is 0.333. The van der Waals surface area contributed by atoms with Crippen LogP contribution in [-0.4, -0.2) is 15.0 Å². The van der Waals surface area contributed by atoms with Crippen LogP contribution in [0.1, 0.15) is 13.3 Å². The van der Waals surface area contributed by atoms with Crippen molar-refractivity contribution >= 4 is 35.7 Å². The minimum atomic E-state index is -3.74. The molecule has 0 fully saturated rings. The summed E-state index contributed by atoms with van der Waals surface area (Å²) in [6, 6.07) is 4.69. The van der Waals surface area contributed by atoms with E-state index in [9.17, 15) is 8.42 Å². The Bertz CT molecular complexity index is 445. The Morgan fingerprint density at radius 1 is 1.47 bits per heavy atom. The van der Waals surface area contributed by atoms with Gasteiger partial charge in [0.1, 0.15) is 10.6 Å². The van der Waals surface area contributed by atoms with Crippen LogP contribution in [0.2, 0.25) is 0 Å². The maximum absolute atomic E-state index is 11.2. The zero-order valence-electron chi connectivity index (χ0n) is 8.04. The molecule has 84 valence electrons. The van der Waals surface area contributed by atoms with E-state index in [2.05, 4.69) is 15.9 Å². The Labute approximate surface area is 102 Å². The molecule has 0 aliphatic rings. The highest BCUT2D eigenvalue weighted by Gasteiger charge is 2.15. The largest absolute Gasteiger partial charge is 0.494 e. The molecule has 1 rings (SSSR count). The van der Waals surface area contributed by atoms with Crippen molar-refractivity contribution in [2.45, 2.75) is 18.2 Å². The van der Waals surface area contributed by atoms with Crippen LogP contribution >= 0.6 is 26.6 Å². The first-order valence-electron chi connectivity index (χ1n) is 4.32. The second-order valence-electron chi connectivity index (χ2n) is 2.88. The van der Waals surface area contributed by atoms with Gasteiger partial charge in [-0.2, -0.15) is 0 Å². The molecule has 0 saturated heterocycles. The molecule has 0 unspecified atom stereocenters. The summed E-state index contributed by atoms with van der Waals surface area (Å²) in [6.45, 7) is 2.52. The standard InChI is InChI=1S/C9H10BrClO3S/c1-2-5-14-7-3-4-8(10)9(6-7)15(11,12)13/h3-4,6H,2,5H2,1H3. The van der Waals surface area contributed by atoms with Gasteiger partial charge in [-0.3, -0.25) is 0 Å². The summed E-state index contributed by atoms with van der Waals surface area (Å²) in [5, 5.41) is 0. The molecule has 0 aliphatic heterocycles. The summed E-state index contributed by atoms with van der Waals surface area (Å²) in [6.07, 6.45) is 0.860. The molecule has 1 aromatic carbocycles. The van der Waals surface area contributed by atoms with Crippen molar-refractivity contribution in [2.24, 2.45) is 0 Å². The molecule has 0 heterocycles. The predicted molar refractivity (Wildman–Crippen MR) is 63.0 cm³/mol. The number of ether oxygens (including phenoxy) is 1. The van der Waals surface area contributed by atoms with E-state index in [1.165, 1.54) is 6.07 Å². The van der Waals surface area contributed by atoms with Gasteiger partial charge in [-0.05, 0) is 34.5 Å². The minimum Gasteiger partial charge on any atom is -0.494 e. The fourth-order valence-electron chi connectivity index (χ4n) is 0.980. The van der Waals surface area contributed by atoms with E-state index < -0.39 is 9.05 Å². The molecule has 0 spiro atoms. The fourth-order valence-corrected chi connectivity index (χ4v) is 3.09. The molecule has 6 heteroatoms. The lowest BCUT2D eigenvalue weighted by Gasteiger charge is -2.06. The molecular weight excluding hydrogens is 304 g/mol. The van der Waals surface area contributed by atoms with E-state index in [1.807, 2.05) is 6.92 Å². The maximum Gasteiger partial charge on any atom is 0.262 e. The normalized spacial score (nSPS) is 11.4. The molecule has 0 aliphatic carbocycles. The molecule has 0 radical (unpaired) electrons. The van der Waals surface area contributed by atoms with Crippen LogP contribution in [0.25, 0.3) is 0 Å². The minimum absolute atomic E-state index is 0.0257. The van der Waals surface area contributed by atoms with Gasteiger partial charge in [0.25, 0.3) is 9.05 Å². The van der Waals surface area contributed by atoms with Gasteiger partial charge >= 0.3 is 0 Å². The van der Waals surface area contributed by atoms with E-state index in [0.29, 0.717) is 16.8 Å². The summed E-state index contributed by atoms with van der Waals surface area (Å²) in [4.78, 5) is 0.0257. The topological polar surface area (TPSA) is 43.4 Å². The van der Waals surface area contributed by atoms with Crippen molar-refractivity contribution in [1.29, 1.82) is 0 Å². The van der Waals surface area contributed by atoms with Crippen LogP contribution < -0.4 is 4.74 Å². The summed E-state index contributed by atoms with van der Waals surface area (Å²) < 4.78 is 28.1. The third-order valence-electron chi connectivity index (χ3n) is 1.64. The second-order valence-corrected chi connectivity index (χ2v) is 6.27. The third-order valence-corrected chi connectivity index (χ3v) is 3.95. The van der Waals surface area contributed by atoms with Crippen LogP contribution in [0.3, 0.4) is 0 Å². The highest BCUT2D eigenvalue weighted by Crippen LogP contribution is 2.29. The molecule has 0 saturated carbocycles. The smallest absolute Gasteiger partial charge is 0.262 e. The van der Waals surface area contributed by atoms with Gasteiger partial charge in [-0.25, -0.2) is 8.42 Å². The molecule has 0 atom stereocenters. The predicted octanol–water partition coefficient (Wildman–Crippen LogP) is 3.17. The summed E-state index contributed by atoms with van der Waals surface area (Å²) in [5.41, 5.74) is 0. The van der Waals surface area contributed by atoms with Gasteiger partial charge in [-0.1, -0.05) is 6.92 Å². The third kappa shape index (κ3) is 3.66. The first-order chi connectivity index (χ1) is 6.95. The van der Waals surface area contributed by atoms with Crippen molar-refractivity contribution < 1.29 is 13.2 Å². The van der Waals surface area contributed by atoms with Gasteiger partial charge in [-0.15, -0.1) is 0 Å². The van der Waals surface area contributed by atoms with Gasteiger partial charge in [0, 0.05) is 21.2 Å². The molecule has 0 N–H and O–H groups in total. The van der Waals surface area contributed by atoms with Gasteiger partial charge < -0.3 is 4.74 Å². The Kier molecular flexibility index (Phi) is 4.43. The van der Waals surface area contributed by atoms with Crippen molar-refractivity contribution in [3.63, 3.8) is 0 Å². The molecule has 0 aromatic heterocycles. The number of halogens is 2. The van der Waals surface area contributed by atoms with E-state index in [4.69, 9.17) is 15.4 Å². The van der Waals surface area contributed by atoms with Crippen molar-refractivity contribution in [3.05, 3.63) is 22.7 Å². The molecule has 3 nitrogen and oxygen atoms in total. The van der Waals surface area contributed by atoms with Crippen LogP contribution in [0.4, 0.5) is 0 Å². The highest BCUT2D eigenvalue weighted by atomic mass is 79.9. The first-order valence-corrected chi connectivity index (χ1v) is 7.42. The second kappa shape index (κ2) is 5.18. The van der Waals surface area contributed by atoms with Crippen molar-refractivity contribution in [2.75, 3.05) is 6.61 Å². The lowest BCUT2D eigenvalue weighted by atomic mass is 10.3. The van der Waals surface area contributed by atoms with E-state index >= 15 is 0 Å². The molecule has 0 amide bonds. The average Bonchev–Trinajstić information content (AvgIpc) is 2.15. The zero-order chi connectivity index (χ0) is 11.5. The number of rotatable bonds is 4. The van der Waals surface area contributed by atoms with Crippen molar-refractivity contribution in [1.82, 2.24) is 0 Å². The van der Waals surface area contributed by atoms with Crippen LogP contribution in [0.15, 0.2) is 27.6 Å². The molecule has 0 bridgehead atoms. The lowest BCUT2D eigenvalue weighted by Crippen LogP contribution is -1.98. The Morgan fingerprint density at radius 2 is 2.13 bits per heavy atom. The van der Waals surface area contributed by atoms with E-state index in [-0.39, 0.29) is 4.90 Å². The van der Waals surface area contributed by atoms with Gasteiger partial charge in [0.05, 0.1) is 6.61 Å². The molecule has 15 heavy (non-hydrogen) atoms. The maximum atomic E-state index is 11.2. The number of hydrogen-bond acceptors (Lipinski definition) is 3. The van der Waals surface area contributed by atoms with Gasteiger partial charge in [0.15, 0.2) is 0 Å². The Balaban J connectivity index is 3.06. The Hall–Kier alpha value is -0.260. The lowest BCUT2D eigenvalue weighted by molar-refractivity contribution is 0.316. The van der Waals surface area contributed by atoms with Crippen LogP contribution in [0.5, 0.6) is 5.75 Å². The molecule has 1 aromatic rings. The zero-order valence-corrected chi connectivity index (χ0v) is 11.2. The monoisotopic (exact) mass is 312 g/mol. The van der Waals surface area contributed by atoms with Crippen molar-refractivity contribution in [3.8, 4) is 5.75 Å². The quantitative estimate of drug-likeness (QED) is 0.802. The Morgan fingerprint density at radius 3 is 2.67 bits per heavy atom. The average molecular weight is 314 g/mol. The van der Waals surface area contributed by atoms with Crippen LogP contribution in [0, 0.1) is 0 Å². The van der Waals surface area contributed by atoms with Gasteiger partial charge in [0.2, 0.25) is 0 Å². The summed E-state index contributed by atoms with van der Waals surface area (Å²) in [7, 11) is 1.52. The first kappa shape index (κ1) is 12.8. The van der Waals surface area contributed by atoms with E-state index in [0.717, 1.165) is 6.42 Å². The SMILES string of the molecule is CCCOc1ccc(Br)c(S(=O)(=O)Cl)c1. The van der Waals surface area contributed by atoms with Crippen LogP contribution in [-0.2, 0) is 9.05 Å². The number of hydrogen-bond donors (Lipinski definition) is 0. The number of benzene rings is 1. The summed E-state index contributed by atoms with van der Waals surface area (Å²) in [5.74, 6) is 0.499. The molecular formula is C9H10BrClO3S.